The number of aryl methyl sites for hydroxylation is 2. The summed E-state index contributed by atoms with van der Waals surface area (Å²) in [6.07, 6.45) is 10.3. The van der Waals surface area contributed by atoms with Crippen LogP contribution in [0.4, 0.5) is 11.5 Å². The number of rotatable bonds is 7. The van der Waals surface area contributed by atoms with E-state index < -0.39 is 0 Å². The van der Waals surface area contributed by atoms with Crippen LogP contribution in [0.2, 0.25) is 0 Å². The lowest BCUT2D eigenvalue weighted by molar-refractivity contribution is 0.290. The van der Waals surface area contributed by atoms with Gasteiger partial charge in [0, 0.05) is 48.5 Å². The molecule has 7 nitrogen and oxygen atoms in total. The first-order chi connectivity index (χ1) is 17.0. The molecule has 0 amide bonds. The van der Waals surface area contributed by atoms with Crippen molar-refractivity contribution in [1.29, 1.82) is 0 Å². The maximum atomic E-state index is 6.09. The third kappa shape index (κ3) is 4.25. The summed E-state index contributed by atoms with van der Waals surface area (Å²) in [5.41, 5.74) is 13.9. The molecule has 1 aliphatic carbocycles. The Bertz CT molecular complexity index is 1550. The van der Waals surface area contributed by atoms with Crippen molar-refractivity contribution >= 4 is 27.9 Å². The first kappa shape index (κ1) is 21.4. The molecule has 1 aliphatic rings. The van der Waals surface area contributed by atoms with Crippen molar-refractivity contribution in [1.82, 2.24) is 19.4 Å². The van der Waals surface area contributed by atoms with Crippen molar-refractivity contribution in [3.63, 3.8) is 0 Å². The predicted octanol–water partition coefficient (Wildman–Crippen LogP) is 5.55. The summed E-state index contributed by atoms with van der Waals surface area (Å²) < 4.78 is 8.07. The minimum absolute atomic E-state index is 0.370. The number of aromatic nitrogens is 4. The number of anilines is 2. The largest absolute Gasteiger partial charge is 0.471 e. The van der Waals surface area contributed by atoms with Crippen molar-refractivity contribution in [3.05, 3.63) is 89.1 Å². The molecule has 5 aromatic rings. The van der Waals surface area contributed by atoms with E-state index in [1.807, 2.05) is 24.4 Å². The average molecular weight is 465 g/mol. The smallest absolute Gasteiger partial charge is 0.215 e. The number of fused-ring (bicyclic) bond motifs is 2. The zero-order chi connectivity index (χ0) is 23.9. The van der Waals surface area contributed by atoms with Crippen molar-refractivity contribution < 1.29 is 4.74 Å². The normalized spacial score (nSPS) is 13.4. The van der Waals surface area contributed by atoms with Gasteiger partial charge in [-0.2, -0.15) is 0 Å². The summed E-state index contributed by atoms with van der Waals surface area (Å²) in [5.74, 6) is 1.85. The van der Waals surface area contributed by atoms with Crippen LogP contribution in [-0.4, -0.2) is 19.4 Å². The Labute approximate surface area is 204 Å². The topological polar surface area (TPSA) is 90.4 Å². The molecule has 1 saturated carbocycles. The summed E-state index contributed by atoms with van der Waals surface area (Å²) in [7, 11) is 0. The van der Waals surface area contributed by atoms with E-state index in [1.54, 1.807) is 12.4 Å². The SMILES string of the molecule is Cc1cc2c(N)nccc2c(C)c1CNc1ccnc(OCc2cn3cc(C4CC4)ccc3n2)c1. The third-order valence-electron chi connectivity index (χ3n) is 6.86. The van der Waals surface area contributed by atoms with Crippen LogP contribution in [0, 0.1) is 13.8 Å². The molecule has 0 aliphatic heterocycles. The van der Waals surface area contributed by atoms with Crippen LogP contribution in [0.1, 0.15) is 46.7 Å². The van der Waals surface area contributed by atoms with E-state index in [4.69, 9.17) is 10.5 Å². The fraction of sp³-hybridized carbons (Fsp3) is 0.250. The number of hydrogen-bond acceptors (Lipinski definition) is 6. The molecular weight excluding hydrogens is 436 g/mol. The zero-order valence-corrected chi connectivity index (χ0v) is 20.0. The van der Waals surface area contributed by atoms with Gasteiger partial charge in [0.25, 0.3) is 0 Å². The summed E-state index contributed by atoms with van der Waals surface area (Å²) >= 11 is 0. The molecular formula is C28H28N6O. The summed E-state index contributed by atoms with van der Waals surface area (Å²) in [4.78, 5) is 13.3. The second-order valence-corrected chi connectivity index (χ2v) is 9.35. The van der Waals surface area contributed by atoms with Crippen LogP contribution in [0.3, 0.4) is 0 Å². The highest BCUT2D eigenvalue weighted by Crippen LogP contribution is 2.39. The first-order valence-corrected chi connectivity index (χ1v) is 12.0. The standard InChI is InChI=1S/C28H28N6O/c1-17-11-24-23(8-10-31-28(24)29)18(2)25(17)13-32-21-7-9-30-27(12-21)35-16-22-15-34-14-20(19-3-4-19)5-6-26(34)33-22/h5-12,14-15,19H,3-4,13,16H2,1-2H3,(H2,29,31)(H,30,32). The lowest BCUT2D eigenvalue weighted by atomic mass is 9.96. The Morgan fingerprint density at radius 1 is 1.03 bits per heavy atom. The molecule has 0 atom stereocenters. The van der Waals surface area contributed by atoms with Crippen molar-refractivity contribution in [2.24, 2.45) is 0 Å². The molecule has 4 aromatic heterocycles. The lowest BCUT2D eigenvalue weighted by Gasteiger charge is -2.16. The molecule has 1 fully saturated rings. The van der Waals surface area contributed by atoms with Gasteiger partial charge in [0.1, 0.15) is 18.1 Å². The second kappa shape index (κ2) is 8.58. The Hall–Kier alpha value is -4.13. The van der Waals surface area contributed by atoms with E-state index in [0.29, 0.717) is 24.8 Å². The number of nitrogen functional groups attached to an aromatic ring is 1. The highest BCUT2D eigenvalue weighted by Gasteiger charge is 2.23. The van der Waals surface area contributed by atoms with Gasteiger partial charge in [-0.15, -0.1) is 0 Å². The second-order valence-electron chi connectivity index (χ2n) is 9.35. The van der Waals surface area contributed by atoms with Gasteiger partial charge in [-0.1, -0.05) is 6.07 Å². The number of nitrogens with two attached hydrogens (primary N) is 1. The van der Waals surface area contributed by atoms with Gasteiger partial charge in [-0.25, -0.2) is 15.0 Å². The minimum Gasteiger partial charge on any atom is -0.471 e. The molecule has 0 radical (unpaired) electrons. The van der Waals surface area contributed by atoms with Crippen LogP contribution in [0.25, 0.3) is 16.4 Å². The number of pyridine rings is 3. The van der Waals surface area contributed by atoms with Gasteiger partial charge in [0.05, 0.1) is 5.69 Å². The molecule has 0 saturated heterocycles. The highest BCUT2D eigenvalue weighted by molar-refractivity contribution is 5.94. The summed E-state index contributed by atoms with van der Waals surface area (Å²) in [5, 5.41) is 5.65. The number of nitrogens with zero attached hydrogens (tertiary/aromatic N) is 4. The Morgan fingerprint density at radius 3 is 2.74 bits per heavy atom. The van der Waals surface area contributed by atoms with Crippen LogP contribution in [-0.2, 0) is 13.2 Å². The fourth-order valence-corrected chi connectivity index (χ4v) is 4.73. The van der Waals surface area contributed by atoms with E-state index in [-0.39, 0.29) is 0 Å². The van der Waals surface area contributed by atoms with Crippen molar-refractivity contribution in [2.45, 2.75) is 45.8 Å². The first-order valence-electron chi connectivity index (χ1n) is 12.0. The van der Waals surface area contributed by atoms with E-state index >= 15 is 0 Å². The van der Waals surface area contributed by atoms with E-state index in [9.17, 15) is 0 Å². The van der Waals surface area contributed by atoms with Gasteiger partial charge in [-0.3, -0.25) is 0 Å². The van der Waals surface area contributed by atoms with Crippen LogP contribution in [0.5, 0.6) is 5.88 Å². The molecule has 1 aromatic carbocycles. The molecule has 0 spiro atoms. The number of imidazole rings is 1. The van der Waals surface area contributed by atoms with Gasteiger partial charge in [-0.05, 0) is 84.5 Å². The lowest BCUT2D eigenvalue weighted by Crippen LogP contribution is -2.06. The van der Waals surface area contributed by atoms with Gasteiger partial charge in [0.2, 0.25) is 5.88 Å². The zero-order valence-electron chi connectivity index (χ0n) is 20.0. The molecule has 0 bridgehead atoms. The Morgan fingerprint density at radius 2 is 1.89 bits per heavy atom. The van der Waals surface area contributed by atoms with Gasteiger partial charge < -0.3 is 20.2 Å². The molecule has 3 N–H and O–H groups in total. The van der Waals surface area contributed by atoms with Crippen LogP contribution >= 0.6 is 0 Å². The number of nitrogens with one attached hydrogen (secondary N) is 1. The number of benzene rings is 1. The molecule has 176 valence electrons. The third-order valence-corrected chi connectivity index (χ3v) is 6.86. The average Bonchev–Trinajstić information content (AvgIpc) is 3.63. The van der Waals surface area contributed by atoms with Crippen molar-refractivity contribution in [2.75, 3.05) is 11.1 Å². The van der Waals surface area contributed by atoms with E-state index in [2.05, 4.69) is 62.9 Å². The van der Waals surface area contributed by atoms with Crippen LogP contribution in [0.15, 0.2) is 61.2 Å². The molecule has 0 unspecified atom stereocenters. The maximum absolute atomic E-state index is 6.09. The summed E-state index contributed by atoms with van der Waals surface area (Å²) in [6.45, 7) is 5.30. The van der Waals surface area contributed by atoms with E-state index in [1.165, 1.54) is 35.1 Å². The maximum Gasteiger partial charge on any atom is 0.215 e. The molecule has 35 heavy (non-hydrogen) atoms. The minimum atomic E-state index is 0.370. The number of ether oxygens (including phenoxy) is 1. The molecule has 6 rings (SSSR count). The Kier molecular flexibility index (Phi) is 5.25. The quantitative estimate of drug-likeness (QED) is 0.328. The highest BCUT2D eigenvalue weighted by atomic mass is 16.5. The monoisotopic (exact) mass is 464 g/mol. The fourth-order valence-electron chi connectivity index (χ4n) is 4.73. The predicted molar refractivity (Wildman–Crippen MR) is 139 cm³/mol. The molecule has 7 heteroatoms. The van der Waals surface area contributed by atoms with Crippen LogP contribution < -0.4 is 15.8 Å². The summed E-state index contributed by atoms with van der Waals surface area (Å²) in [6, 6.07) is 12.3. The van der Waals surface area contributed by atoms with Crippen molar-refractivity contribution in [3.8, 4) is 5.88 Å². The Balaban J connectivity index is 1.15. The number of hydrogen-bond donors (Lipinski definition) is 2. The molecule has 4 heterocycles. The van der Waals surface area contributed by atoms with Gasteiger partial charge >= 0.3 is 0 Å². The van der Waals surface area contributed by atoms with Gasteiger partial charge in [0.15, 0.2) is 0 Å². The van der Waals surface area contributed by atoms with E-state index in [0.717, 1.165) is 33.7 Å².